The van der Waals surface area contributed by atoms with Crippen molar-refractivity contribution in [3.05, 3.63) is 24.3 Å². The van der Waals surface area contributed by atoms with Crippen LogP contribution < -0.4 is 15.8 Å². The van der Waals surface area contributed by atoms with Crippen molar-refractivity contribution in [1.29, 1.82) is 0 Å². The van der Waals surface area contributed by atoms with E-state index in [9.17, 15) is 4.79 Å². The lowest BCUT2D eigenvalue weighted by Crippen LogP contribution is -2.52. The van der Waals surface area contributed by atoms with Gasteiger partial charge in [0.2, 0.25) is 5.91 Å². The van der Waals surface area contributed by atoms with Crippen LogP contribution in [0.4, 0.5) is 5.69 Å². The number of nitrogens with zero attached hydrogens (tertiary/aromatic N) is 1. The van der Waals surface area contributed by atoms with Gasteiger partial charge in [-0.05, 0) is 39.1 Å². The number of rotatable bonds is 6. The standard InChI is InChI=1S/C17H27N3O2.2ClH/c1-20(2)11-12-22-15-8-6-7-14(13-15)19-16(21)17(18)9-4-3-5-10-17;;/h6-8,13H,3-5,9-12,18H2,1-2H3,(H,19,21);2*1H. The van der Waals surface area contributed by atoms with Crippen molar-refractivity contribution in [1.82, 2.24) is 4.90 Å². The summed E-state index contributed by atoms with van der Waals surface area (Å²) in [5, 5.41) is 2.94. The summed E-state index contributed by atoms with van der Waals surface area (Å²) in [5.41, 5.74) is 6.27. The Labute approximate surface area is 157 Å². The lowest BCUT2D eigenvalue weighted by atomic mass is 9.82. The van der Waals surface area contributed by atoms with Crippen molar-refractivity contribution in [2.75, 3.05) is 32.6 Å². The summed E-state index contributed by atoms with van der Waals surface area (Å²) in [6, 6.07) is 7.48. The van der Waals surface area contributed by atoms with Crippen molar-refractivity contribution < 1.29 is 9.53 Å². The highest BCUT2D eigenvalue weighted by atomic mass is 35.5. The Kier molecular flexibility index (Phi) is 10.3. The molecule has 1 fully saturated rings. The molecule has 1 saturated carbocycles. The average molecular weight is 378 g/mol. The van der Waals surface area contributed by atoms with Gasteiger partial charge >= 0.3 is 0 Å². The van der Waals surface area contributed by atoms with Crippen LogP contribution in [0.1, 0.15) is 32.1 Å². The van der Waals surface area contributed by atoms with Crippen LogP contribution in [0.15, 0.2) is 24.3 Å². The number of nitrogens with one attached hydrogen (secondary N) is 1. The van der Waals surface area contributed by atoms with Gasteiger partial charge < -0.3 is 20.7 Å². The van der Waals surface area contributed by atoms with Crippen molar-refractivity contribution in [2.45, 2.75) is 37.6 Å². The molecule has 0 aromatic heterocycles. The van der Waals surface area contributed by atoms with Crippen molar-refractivity contribution >= 4 is 36.4 Å². The number of amides is 1. The first-order valence-corrected chi connectivity index (χ1v) is 7.97. The Balaban J connectivity index is 0.00000264. The number of halogens is 2. The molecule has 0 saturated heterocycles. The Bertz CT molecular complexity index is 506. The molecule has 0 radical (unpaired) electrons. The Morgan fingerprint density at radius 2 is 1.92 bits per heavy atom. The zero-order valence-electron chi connectivity index (χ0n) is 14.4. The maximum atomic E-state index is 12.4. The van der Waals surface area contributed by atoms with E-state index in [1.807, 2.05) is 38.4 Å². The second-order valence-corrected chi connectivity index (χ2v) is 6.35. The number of carbonyl (C=O) groups is 1. The molecule has 1 aromatic rings. The number of anilines is 1. The summed E-state index contributed by atoms with van der Waals surface area (Å²) in [6.07, 6.45) is 4.74. The molecule has 1 aliphatic rings. The maximum absolute atomic E-state index is 12.4. The molecular weight excluding hydrogens is 349 g/mol. The first kappa shape index (κ1) is 23.0. The summed E-state index contributed by atoms with van der Waals surface area (Å²) in [7, 11) is 4.01. The first-order valence-electron chi connectivity index (χ1n) is 7.97. The molecule has 1 aliphatic carbocycles. The van der Waals surface area contributed by atoms with E-state index in [1.54, 1.807) is 0 Å². The zero-order valence-corrected chi connectivity index (χ0v) is 16.0. The summed E-state index contributed by atoms with van der Waals surface area (Å²) in [5.74, 6) is 0.673. The normalized spacial score (nSPS) is 15.8. The van der Waals surface area contributed by atoms with E-state index < -0.39 is 5.54 Å². The molecule has 0 unspecified atom stereocenters. The van der Waals surface area contributed by atoms with Gasteiger partial charge in [0.1, 0.15) is 12.4 Å². The van der Waals surface area contributed by atoms with E-state index >= 15 is 0 Å². The van der Waals surface area contributed by atoms with E-state index in [0.717, 1.165) is 43.7 Å². The highest BCUT2D eigenvalue weighted by Gasteiger charge is 2.35. The minimum Gasteiger partial charge on any atom is -0.492 e. The number of likely N-dealkylation sites (N-methyl/N-ethyl adjacent to an activating group) is 1. The van der Waals surface area contributed by atoms with Crippen molar-refractivity contribution in [3.8, 4) is 5.75 Å². The molecule has 0 spiro atoms. The monoisotopic (exact) mass is 377 g/mol. The minimum absolute atomic E-state index is 0. The highest BCUT2D eigenvalue weighted by Crippen LogP contribution is 2.27. The Morgan fingerprint density at radius 1 is 1.25 bits per heavy atom. The third kappa shape index (κ3) is 6.85. The van der Waals surface area contributed by atoms with Crippen LogP contribution in [0.2, 0.25) is 0 Å². The summed E-state index contributed by atoms with van der Waals surface area (Å²) >= 11 is 0. The topological polar surface area (TPSA) is 67.6 Å². The van der Waals surface area contributed by atoms with E-state index in [0.29, 0.717) is 6.61 Å². The Morgan fingerprint density at radius 3 is 2.54 bits per heavy atom. The second kappa shape index (κ2) is 10.8. The summed E-state index contributed by atoms with van der Waals surface area (Å²) in [4.78, 5) is 14.5. The summed E-state index contributed by atoms with van der Waals surface area (Å²) < 4.78 is 5.69. The highest BCUT2D eigenvalue weighted by molar-refractivity contribution is 5.98. The molecule has 24 heavy (non-hydrogen) atoms. The van der Waals surface area contributed by atoms with Gasteiger partial charge in [0.05, 0.1) is 5.54 Å². The van der Waals surface area contributed by atoms with E-state index in [4.69, 9.17) is 10.5 Å². The largest absolute Gasteiger partial charge is 0.492 e. The molecular formula is C17H29Cl2N3O2. The first-order chi connectivity index (χ1) is 10.5. The zero-order chi connectivity index (χ0) is 16.0. The van der Waals surface area contributed by atoms with Gasteiger partial charge in [0, 0.05) is 18.3 Å². The van der Waals surface area contributed by atoms with Crippen LogP contribution >= 0.6 is 24.8 Å². The maximum Gasteiger partial charge on any atom is 0.244 e. The van der Waals surface area contributed by atoms with Gasteiger partial charge in [-0.1, -0.05) is 25.3 Å². The van der Waals surface area contributed by atoms with Crippen LogP contribution in [-0.4, -0.2) is 43.6 Å². The molecule has 0 heterocycles. The molecule has 3 N–H and O–H groups in total. The molecule has 5 nitrogen and oxygen atoms in total. The quantitative estimate of drug-likeness (QED) is 0.799. The second-order valence-electron chi connectivity index (χ2n) is 6.35. The Hall–Kier alpha value is -1.01. The fraction of sp³-hybridized carbons (Fsp3) is 0.588. The lowest BCUT2D eigenvalue weighted by Gasteiger charge is -2.31. The predicted molar refractivity (Wildman–Crippen MR) is 104 cm³/mol. The number of ether oxygens (including phenoxy) is 1. The summed E-state index contributed by atoms with van der Waals surface area (Å²) in [6.45, 7) is 1.47. The van der Waals surface area contributed by atoms with Crippen LogP contribution in [0, 0.1) is 0 Å². The van der Waals surface area contributed by atoms with Gasteiger partial charge in [0.15, 0.2) is 0 Å². The molecule has 2 rings (SSSR count). The molecule has 1 aromatic carbocycles. The lowest BCUT2D eigenvalue weighted by molar-refractivity contribution is -0.122. The van der Waals surface area contributed by atoms with Crippen LogP contribution in [0.5, 0.6) is 5.75 Å². The number of hydrogen-bond acceptors (Lipinski definition) is 4. The molecule has 7 heteroatoms. The van der Waals surface area contributed by atoms with Gasteiger partial charge in [-0.25, -0.2) is 0 Å². The molecule has 0 atom stereocenters. The fourth-order valence-corrected chi connectivity index (χ4v) is 2.68. The fourth-order valence-electron chi connectivity index (χ4n) is 2.68. The molecule has 0 aliphatic heterocycles. The van der Waals surface area contributed by atoms with Gasteiger partial charge in [-0.3, -0.25) is 4.79 Å². The van der Waals surface area contributed by atoms with Crippen LogP contribution in [0.25, 0.3) is 0 Å². The van der Waals surface area contributed by atoms with Gasteiger partial charge in [-0.15, -0.1) is 24.8 Å². The van der Waals surface area contributed by atoms with Gasteiger partial charge in [-0.2, -0.15) is 0 Å². The van der Waals surface area contributed by atoms with Crippen molar-refractivity contribution in [2.24, 2.45) is 5.73 Å². The third-order valence-electron chi connectivity index (χ3n) is 4.10. The van der Waals surface area contributed by atoms with E-state index in [2.05, 4.69) is 10.2 Å². The third-order valence-corrected chi connectivity index (χ3v) is 4.10. The van der Waals surface area contributed by atoms with Crippen LogP contribution in [0.3, 0.4) is 0 Å². The smallest absolute Gasteiger partial charge is 0.244 e. The molecule has 138 valence electrons. The van der Waals surface area contributed by atoms with Crippen LogP contribution in [-0.2, 0) is 4.79 Å². The molecule has 1 amide bonds. The average Bonchev–Trinajstić information content (AvgIpc) is 2.48. The minimum atomic E-state index is -0.722. The van der Waals surface area contributed by atoms with E-state index in [-0.39, 0.29) is 30.7 Å². The number of carbonyl (C=O) groups excluding carboxylic acids is 1. The van der Waals surface area contributed by atoms with Gasteiger partial charge in [0.25, 0.3) is 0 Å². The molecule has 0 bridgehead atoms. The number of nitrogens with two attached hydrogens (primary N) is 1. The SMILES string of the molecule is CN(C)CCOc1cccc(NC(=O)C2(N)CCCCC2)c1.Cl.Cl. The number of benzene rings is 1. The number of hydrogen-bond donors (Lipinski definition) is 2. The van der Waals surface area contributed by atoms with E-state index in [1.165, 1.54) is 6.42 Å². The predicted octanol–water partition coefficient (Wildman–Crippen LogP) is 3.07. The van der Waals surface area contributed by atoms with Crippen molar-refractivity contribution in [3.63, 3.8) is 0 Å².